The summed E-state index contributed by atoms with van der Waals surface area (Å²) in [7, 11) is 0. The first-order valence-corrected chi connectivity index (χ1v) is 11.4. The van der Waals surface area contributed by atoms with E-state index >= 15 is 0 Å². The lowest BCUT2D eigenvalue weighted by Gasteiger charge is -2.10. The molecule has 0 aliphatic carbocycles. The molecule has 0 saturated carbocycles. The first-order chi connectivity index (χ1) is 16.4. The first-order valence-electron chi connectivity index (χ1n) is 11.4. The van der Waals surface area contributed by atoms with Crippen LogP contribution in [0.5, 0.6) is 0 Å². The van der Waals surface area contributed by atoms with Crippen molar-refractivity contribution in [2.24, 2.45) is 0 Å². The topological polar surface area (TPSA) is 4.93 Å². The minimum absolute atomic E-state index is 1.19. The summed E-state index contributed by atoms with van der Waals surface area (Å²) in [4.78, 5) is 0. The summed E-state index contributed by atoms with van der Waals surface area (Å²) in [5.74, 6) is 0. The van der Waals surface area contributed by atoms with Crippen LogP contribution in [-0.4, -0.2) is 4.57 Å². The summed E-state index contributed by atoms with van der Waals surface area (Å²) < 4.78 is 2.43. The molecule has 0 saturated heterocycles. The minimum Gasteiger partial charge on any atom is -0.309 e. The van der Waals surface area contributed by atoms with Gasteiger partial charge in [0, 0.05) is 16.5 Å². The molecule has 7 rings (SSSR count). The summed E-state index contributed by atoms with van der Waals surface area (Å²) in [6.07, 6.45) is 0. The van der Waals surface area contributed by atoms with E-state index in [4.69, 9.17) is 0 Å². The quantitative estimate of drug-likeness (QED) is 0.252. The zero-order valence-corrected chi connectivity index (χ0v) is 18.1. The highest BCUT2D eigenvalue weighted by Crippen LogP contribution is 2.42. The van der Waals surface area contributed by atoms with E-state index in [0.29, 0.717) is 0 Å². The van der Waals surface area contributed by atoms with Crippen molar-refractivity contribution in [3.05, 3.63) is 127 Å². The Bertz CT molecular complexity index is 1620. The Labute approximate surface area is 192 Å². The van der Waals surface area contributed by atoms with E-state index in [1.165, 1.54) is 60.5 Å². The minimum atomic E-state index is 1.19. The van der Waals surface area contributed by atoms with Gasteiger partial charge in [-0.1, -0.05) is 91.0 Å². The van der Waals surface area contributed by atoms with Crippen molar-refractivity contribution >= 4 is 32.6 Å². The molecule has 0 bridgehead atoms. The third-order valence-electron chi connectivity index (χ3n) is 6.70. The number of nitrogens with zero attached hydrogens (tertiary/aromatic N) is 1. The molecule has 0 fully saturated rings. The molecule has 1 heteroatoms. The smallest absolute Gasteiger partial charge is 0.0553 e. The van der Waals surface area contributed by atoms with Gasteiger partial charge in [-0.25, -0.2) is 0 Å². The molecule has 0 radical (unpaired) electrons. The molecule has 1 heterocycles. The molecule has 0 aliphatic heterocycles. The van der Waals surface area contributed by atoms with E-state index in [1.807, 2.05) is 0 Å². The maximum absolute atomic E-state index is 2.43. The second-order valence-electron chi connectivity index (χ2n) is 8.66. The summed E-state index contributed by atoms with van der Waals surface area (Å²) in [5.41, 5.74) is 8.66. The second-order valence-corrected chi connectivity index (χ2v) is 8.66. The van der Waals surface area contributed by atoms with Gasteiger partial charge >= 0.3 is 0 Å². The highest BCUT2D eigenvalue weighted by atomic mass is 15.0. The highest BCUT2D eigenvalue weighted by Gasteiger charge is 2.19. The maximum Gasteiger partial charge on any atom is 0.0553 e. The van der Waals surface area contributed by atoms with Crippen LogP contribution in [0.15, 0.2) is 127 Å². The predicted molar refractivity (Wildman–Crippen MR) is 140 cm³/mol. The van der Waals surface area contributed by atoms with Crippen LogP contribution in [0.1, 0.15) is 0 Å². The highest BCUT2D eigenvalue weighted by molar-refractivity contribution is 6.25. The molecule has 0 unspecified atom stereocenters. The van der Waals surface area contributed by atoms with Crippen molar-refractivity contribution in [1.29, 1.82) is 0 Å². The van der Waals surface area contributed by atoms with E-state index in [2.05, 4.69) is 132 Å². The Morgan fingerprint density at radius 2 is 0.788 bits per heavy atom. The number of hydrogen-bond acceptors (Lipinski definition) is 0. The lowest BCUT2D eigenvalue weighted by molar-refractivity contribution is 1.18. The molecule has 0 atom stereocenters. The largest absolute Gasteiger partial charge is 0.309 e. The van der Waals surface area contributed by atoms with Crippen LogP contribution >= 0.6 is 0 Å². The van der Waals surface area contributed by atoms with Gasteiger partial charge in [0.05, 0.1) is 11.0 Å². The predicted octanol–water partition coefficient (Wildman–Crippen LogP) is 8.71. The molecule has 1 nitrogen and oxygen atoms in total. The van der Waals surface area contributed by atoms with E-state index < -0.39 is 0 Å². The molecule has 0 spiro atoms. The van der Waals surface area contributed by atoms with Gasteiger partial charge in [-0.2, -0.15) is 0 Å². The normalized spacial score (nSPS) is 11.6. The van der Waals surface area contributed by atoms with Gasteiger partial charge < -0.3 is 4.57 Å². The number of rotatable bonds is 3. The fraction of sp³-hybridized carbons (Fsp3) is 0. The number of benzene rings is 6. The number of hydrogen-bond donors (Lipinski definition) is 0. The monoisotopic (exact) mass is 419 g/mol. The van der Waals surface area contributed by atoms with Crippen LogP contribution in [-0.2, 0) is 0 Å². The molecule has 1 aromatic heterocycles. The van der Waals surface area contributed by atoms with Crippen molar-refractivity contribution in [3.63, 3.8) is 0 Å². The van der Waals surface area contributed by atoms with Gasteiger partial charge in [-0.3, -0.25) is 0 Å². The zero-order chi connectivity index (χ0) is 21.8. The van der Waals surface area contributed by atoms with Crippen LogP contribution in [0.3, 0.4) is 0 Å². The Morgan fingerprint density at radius 1 is 0.364 bits per heavy atom. The van der Waals surface area contributed by atoms with E-state index in [-0.39, 0.29) is 0 Å². The van der Waals surface area contributed by atoms with E-state index in [1.54, 1.807) is 0 Å². The first kappa shape index (κ1) is 18.2. The van der Waals surface area contributed by atoms with Crippen LogP contribution < -0.4 is 0 Å². The van der Waals surface area contributed by atoms with Crippen LogP contribution in [0, 0.1) is 0 Å². The molecule has 7 aromatic rings. The fourth-order valence-electron chi connectivity index (χ4n) is 5.22. The van der Waals surface area contributed by atoms with Gasteiger partial charge in [0.2, 0.25) is 0 Å². The number of para-hydroxylation sites is 1. The molecule has 0 N–H and O–H groups in total. The Balaban J connectivity index is 1.65. The van der Waals surface area contributed by atoms with Crippen molar-refractivity contribution in [3.8, 4) is 27.9 Å². The second kappa shape index (κ2) is 7.08. The summed E-state index contributed by atoms with van der Waals surface area (Å²) in [6.45, 7) is 0. The molecule has 33 heavy (non-hydrogen) atoms. The average molecular weight is 420 g/mol. The third-order valence-corrected chi connectivity index (χ3v) is 6.70. The Hall–Kier alpha value is -4.36. The van der Waals surface area contributed by atoms with Gasteiger partial charge in [0.15, 0.2) is 0 Å². The van der Waals surface area contributed by atoms with Gasteiger partial charge in [0.25, 0.3) is 0 Å². The van der Waals surface area contributed by atoms with E-state index in [0.717, 1.165) is 0 Å². The molecule has 154 valence electrons. The average Bonchev–Trinajstić information content (AvgIpc) is 3.23. The van der Waals surface area contributed by atoms with Gasteiger partial charge in [-0.05, 0) is 69.4 Å². The Kier molecular flexibility index (Phi) is 3.91. The molecule has 0 amide bonds. The van der Waals surface area contributed by atoms with Gasteiger partial charge in [0.1, 0.15) is 0 Å². The Morgan fingerprint density at radius 3 is 1.24 bits per heavy atom. The zero-order valence-electron chi connectivity index (χ0n) is 18.1. The van der Waals surface area contributed by atoms with Crippen LogP contribution in [0.2, 0.25) is 0 Å². The fourth-order valence-corrected chi connectivity index (χ4v) is 5.22. The van der Waals surface area contributed by atoms with Gasteiger partial charge in [-0.15, -0.1) is 0 Å². The van der Waals surface area contributed by atoms with Crippen molar-refractivity contribution < 1.29 is 0 Å². The van der Waals surface area contributed by atoms with Crippen LogP contribution in [0.4, 0.5) is 0 Å². The summed E-state index contributed by atoms with van der Waals surface area (Å²) >= 11 is 0. The van der Waals surface area contributed by atoms with E-state index in [9.17, 15) is 0 Å². The van der Waals surface area contributed by atoms with Crippen molar-refractivity contribution in [1.82, 2.24) is 4.57 Å². The lowest BCUT2D eigenvalue weighted by Crippen LogP contribution is -1.93. The molecule has 6 aromatic carbocycles. The van der Waals surface area contributed by atoms with Crippen molar-refractivity contribution in [2.45, 2.75) is 0 Å². The SMILES string of the molecule is c1ccc(-c2cc3ccc4cc(-c5ccccc5)cc5c4c3c(c2)n5-c2ccccc2)cc1. The lowest BCUT2D eigenvalue weighted by atomic mass is 9.95. The summed E-state index contributed by atoms with van der Waals surface area (Å²) in [5, 5.41) is 5.24. The van der Waals surface area contributed by atoms with Crippen molar-refractivity contribution in [2.75, 3.05) is 0 Å². The van der Waals surface area contributed by atoms with Crippen LogP contribution in [0.25, 0.3) is 60.5 Å². The molecular weight excluding hydrogens is 398 g/mol. The third kappa shape index (κ3) is 2.79. The standard InChI is InChI=1S/C32H21N/c1-4-10-22(11-5-1)26-18-24-16-17-25-19-27(23-12-6-2-7-13-23)21-30-32(25)31(24)29(20-26)33(30)28-14-8-3-9-15-28/h1-21H. The maximum atomic E-state index is 2.43. The molecule has 0 aliphatic rings. The summed E-state index contributed by atoms with van der Waals surface area (Å²) in [6, 6.07) is 46.0. The molecular formula is C32H21N. The number of aromatic nitrogens is 1.